The fraction of sp³-hybridized carbons (Fsp3) is 0.692. The summed E-state index contributed by atoms with van der Waals surface area (Å²) >= 11 is 0. The lowest BCUT2D eigenvalue weighted by Crippen LogP contribution is -2.30. The van der Waals surface area contributed by atoms with E-state index in [1.807, 2.05) is 0 Å². The summed E-state index contributed by atoms with van der Waals surface area (Å²) in [5.41, 5.74) is 3.66. The van der Waals surface area contributed by atoms with Crippen molar-refractivity contribution in [2.45, 2.75) is 39.5 Å². The van der Waals surface area contributed by atoms with Gasteiger partial charge in [0, 0.05) is 18.7 Å². The number of nitrogen functional groups attached to an aromatic ring is 1. The van der Waals surface area contributed by atoms with Crippen molar-refractivity contribution in [3.63, 3.8) is 0 Å². The molecule has 0 atom stereocenters. The van der Waals surface area contributed by atoms with Crippen LogP contribution in [0.5, 0.6) is 0 Å². The number of aliphatic hydroxyl groups is 1. The molecule has 1 aromatic heterocycles. The van der Waals surface area contributed by atoms with Crippen molar-refractivity contribution in [2.75, 3.05) is 30.0 Å². The van der Waals surface area contributed by atoms with Gasteiger partial charge in [0.05, 0.1) is 6.61 Å². The van der Waals surface area contributed by atoms with Crippen LogP contribution in [0.3, 0.4) is 0 Å². The largest absolute Gasteiger partial charge is 0.395 e. The zero-order chi connectivity index (χ0) is 14.1. The molecule has 1 aromatic rings. The fourth-order valence-electron chi connectivity index (χ4n) is 2.07. The Balaban J connectivity index is 3.05. The van der Waals surface area contributed by atoms with Crippen LogP contribution in [0.15, 0.2) is 6.33 Å². The molecular formula is C13H25N5O. The normalized spacial score (nSPS) is 10.5. The quantitative estimate of drug-likeness (QED) is 0.462. The third kappa shape index (κ3) is 4.33. The lowest BCUT2D eigenvalue weighted by Gasteiger charge is -2.25. The van der Waals surface area contributed by atoms with Crippen molar-refractivity contribution in [1.29, 1.82) is 0 Å². The van der Waals surface area contributed by atoms with Crippen molar-refractivity contribution >= 4 is 11.6 Å². The lowest BCUT2D eigenvalue weighted by molar-refractivity contribution is 0.301. The van der Waals surface area contributed by atoms with Crippen LogP contribution in [0, 0.1) is 0 Å². The fourth-order valence-corrected chi connectivity index (χ4v) is 2.07. The number of aromatic nitrogens is 2. The number of unbranched alkanes of at least 4 members (excludes halogenated alkanes) is 1. The first kappa shape index (κ1) is 15.7. The topological polar surface area (TPSA) is 87.3 Å². The van der Waals surface area contributed by atoms with Gasteiger partial charge in [-0.25, -0.2) is 15.8 Å². The van der Waals surface area contributed by atoms with Gasteiger partial charge in [0.2, 0.25) is 0 Å². The molecule has 0 aliphatic carbocycles. The van der Waals surface area contributed by atoms with Crippen molar-refractivity contribution in [3.8, 4) is 0 Å². The highest BCUT2D eigenvalue weighted by Gasteiger charge is 2.15. The Morgan fingerprint density at radius 2 is 2.05 bits per heavy atom. The summed E-state index contributed by atoms with van der Waals surface area (Å²) in [5, 5.41) is 9.22. The lowest BCUT2D eigenvalue weighted by atomic mass is 10.1. The predicted molar refractivity (Wildman–Crippen MR) is 78.0 cm³/mol. The molecule has 0 saturated carbocycles. The molecule has 4 N–H and O–H groups in total. The van der Waals surface area contributed by atoms with E-state index >= 15 is 0 Å². The van der Waals surface area contributed by atoms with Gasteiger partial charge in [0.25, 0.3) is 0 Å². The average molecular weight is 267 g/mol. The van der Waals surface area contributed by atoms with E-state index in [4.69, 9.17) is 5.84 Å². The Bertz CT molecular complexity index is 372. The van der Waals surface area contributed by atoms with Crippen LogP contribution in [-0.4, -0.2) is 34.8 Å². The number of anilines is 2. The predicted octanol–water partition coefficient (Wildman–Crippen LogP) is 1.31. The van der Waals surface area contributed by atoms with Gasteiger partial charge >= 0.3 is 0 Å². The van der Waals surface area contributed by atoms with Gasteiger partial charge in [0.15, 0.2) is 0 Å². The smallest absolute Gasteiger partial charge is 0.148 e. The minimum Gasteiger partial charge on any atom is -0.395 e. The molecular weight excluding hydrogens is 242 g/mol. The Morgan fingerprint density at radius 1 is 1.26 bits per heavy atom. The number of nitrogens with zero attached hydrogens (tertiary/aromatic N) is 3. The van der Waals surface area contributed by atoms with Gasteiger partial charge in [-0.15, -0.1) is 0 Å². The Kier molecular flexibility index (Phi) is 7.14. The minimum absolute atomic E-state index is 0.116. The molecule has 19 heavy (non-hydrogen) atoms. The van der Waals surface area contributed by atoms with E-state index in [1.54, 1.807) is 0 Å². The highest BCUT2D eigenvalue weighted by atomic mass is 16.3. The van der Waals surface area contributed by atoms with E-state index in [0.29, 0.717) is 12.4 Å². The Morgan fingerprint density at radius 3 is 2.63 bits per heavy atom. The maximum Gasteiger partial charge on any atom is 0.148 e. The Hall–Kier alpha value is -1.40. The maximum atomic E-state index is 9.22. The first-order valence-corrected chi connectivity index (χ1v) is 6.94. The van der Waals surface area contributed by atoms with Crippen LogP contribution in [0.25, 0.3) is 0 Å². The van der Waals surface area contributed by atoms with Crippen LogP contribution in [0.1, 0.15) is 38.7 Å². The van der Waals surface area contributed by atoms with E-state index in [1.165, 1.54) is 6.33 Å². The Labute approximate surface area is 115 Å². The molecule has 0 aliphatic heterocycles. The van der Waals surface area contributed by atoms with Gasteiger partial charge in [-0.2, -0.15) is 0 Å². The van der Waals surface area contributed by atoms with E-state index in [0.717, 1.165) is 43.6 Å². The molecule has 0 aliphatic rings. The summed E-state index contributed by atoms with van der Waals surface area (Å²) < 4.78 is 0. The molecule has 1 rings (SSSR count). The standard InChI is InChI=1S/C13H25N5O/c1-3-5-7-18(8-9-19)13-11(6-4-2)12(17-14)15-10-16-13/h10,19H,3-9,14H2,1-2H3,(H,15,16,17). The summed E-state index contributed by atoms with van der Waals surface area (Å²) in [5.74, 6) is 7.07. The van der Waals surface area contributed by atoms with Crippen LogP contribution >= 0.6 is 0 Å². The number of hydrazine groups is 1. The molecule has 0 spiro atoms. The molecule has 0 amide bonds. The van der Waals surface area contributed by atoms with Crippen molar-refractivity contribution < 1.29 is 5.11 Å². The second kappa shape index (κ2) is 8.66. The summed E-state index contributed by atoms with van der Waals surface area (Å²) in [7, 11) is 0. The highest BCUT2D eigenvalue weighted by molar-refractivity contribution is 5.58. The van der Waals surface area contributed by atoms with Crippen LogP contribution in [0.2, 0.25) is 0 Å². The highest BCUT2D eigenvalue weighted by Crippen LogP contribution is 2.24. The second-order valence-corrected chi connectivity index (χ2v) is 4.48. The number of nitrogens with one attached hydrogen (secondary N) is 1. The van der Waals surface area contributed by atoms with Crippen LogP contribution < -0.4 is 16.2 Å². The van der Waals surface area contributed by atoms with Gasteiger partial charge in [-0.05, 0) is 12.8 Å². The first-order valence-electron chi connectivity index (χ1n) is 6.94. The summed E-state index contributed by atoms with van der Waals surface area (Å²) in [6.45, 7) is 5.84. The molecule has 108 valence electrons. The third-order valence-electron chi connectivity index (χ3n) is 3.01. The van der Waals surface area contributed by atoms with E-state index in [-0.39, 0.29) is 6.61 Å². The monoisotopic (exact) mass is 267 g/mol. The maximum absolute atomic E-state index is 9.22. The summed E-state index contributed by atoms with van der Waals surface area (Å²) in [4.78, 5) is 10.7. The summed E-state index contributed by atoms with van der Waals surface area (Å²) in [6, 6.07) is 0. The van der Waals surface area contributed by atoms with Crippen molar-refractivity contribution in [2.24, 2.45) is 5.84 Å². The van der Waals surface area contributed by atoms with E-state index in [2.05, 4.69) is 34.1 Å². The molecule has 0 fully saturated rings. The first-order chi connectivity index (χ1) is 9.28. The number of aliphatic hydroxyl groups excluding tert-OH is 1. The van der Waals surface area contributed by atoms with Crippen molar-refractivity contribution in [1.82, 2.24) is 9.97 Å². The SMILES string of the molecule is CCCCN(CCO)c1ncnc(NN)c1CCC. The molecule has 0 aromatic carbocycles. The number of rotatable bonds is 9. The zero-order valence-corrected chi connectivity index (χ0v) is 11.9. The number of hydrogen-bond acceptors (Lipinski definition) is 6. The number of nitrogens with two attached hydrogens (primary N) is 1. The van der Waals surface area contributed by atoms with Crippen LogP contribution in [0.4, 0.5) is 11.6 Å². The molecule has 0 radical (unpaired) electrons. The third-order valence-corrected chi connectivity index (χ3v) is 3.01. The summed E-state index contributed by atoms with van der Waals surface area (Å²) in [6.07, 6.45) is 5.55. The molecule has 6 heteroatoms. The van der Waals surface area contributed by atoms with E-state index < -0.39 is 0 Å². The molecule has 6 nitrogen and oxygen atoms in total. The number of hydrogen-bond donors (Lipinski definition) is 3. The van der Waals surface area contributed by atoms with Crippen LogP contribution in [-0.2, 0) is 6.42 Å². The molecule has 0 bridgehead atoms. The van der Waals surface area contributed by atoms with Crippen molar-refractivity contribution in [3.05, 3.63) is 11.9 Å². The van der Waals surface area contributed by atoms with Gasteiger partial charge in [0.1, 0.15) is 18.0 Å². The van der Waals surface area contributed by atoms with E-state index in [9.17, 15) is 5.11 Å². The second-order valence-electron chi connectivity index (χ2n) is 4.48. The molecule has 1 heterocycles. The zero-order valence-electron chi connectivity index (χ0n) is 11.9. The van der Waals surface area contributed by atoms with Gasteiger partial charge in [-0.1, -0.05) is 26.7 Å². The minimum atomic E-state index is 0.116. The van der Waals surface area contributed by atoms with Gasteiger partial charge in [-0.3, -0.25) is 0 Å². The molecule has 0 saturated heterocycles. The molecule has 0 unspecified atom stereocenters. The van der Waals surface area contributed by atoms with Gasteiger partial charge < -0.3 is 15.4 Å². The average Bonchev–Trinajstić information content (AvgIpc) is 2.44.